The van der Waals surface area contributed by atoms with Gasteiger partial charge in [0.05, 0.1) is 6.20 Å². The van der Waals surface area contributed by atoms with Crippen molar-refractivity contribution in [2.75, 3.05) is 7.05 Å². The third-order valence-corrected chi connectivity index (χ3v) is 2.80. The molecule has 2 rings (SSSR count). The number of hydrogen-bond acceptors (Lipinski definition) is 4. The van der Waals surface area contributed by atoms with Gasteiger partial charge in [-0.05, 0) is 38.6 Å². The Morgan fingerprint density at radius 3 is 2.50 bits per heavy atom. The summed E-state index contributed by atoms with van der Waals surface area (Å²) in [6.07, 6.45) is 3.51. The number of nitrogens with zero attached hydrogens (tertiary/aromatic N) is 2. The van der Waals surface area contributed by atoms with Gasteiger partial charge in [0.15, 0.2) is 0 Å². The average Bonchev–Trinajstić information content (AvgIpc) is 2.41. The second kappa shape index (κ2) is 5.60. The molecule has 0 bridgehead atoms. The normalized spacial score (nSPS) is 12.2. The first kappa shape index (κ1) is 12.5. The first-order chi connectivity index (χ1) is 8.69. The molecule has 18 heavy (non-hydrogen) atoms. The summed E-state index contributed by atoms with van der Waals surface area (Å²) in [7, 11) is 1.92. The van der Waals surface area contributed by atoms with Crippen LogP contribution < -0.4 is 10.1 Å². The van der Waals surface area contributed by atoms with E-state index in [2.05, 4.69) is 22.2 Å². The van der Waals surface area contributed by atoms with Crippen LogP contribution in [0.15, 0.2) is 36.7 Å². The number of hydrogen-bond donors (Lipinski definition) is 1. The zero-order valence-corrected chi connectivity index (χ0v) is 10.8. The van der Waals surface area contributed by atoms with E-state index in [1.807, 2.05) is 44.4 Å². The van der Waals surface area contributed by atoms with Crippen molar-refractivity contribution in [2.24, 2.45) is 0 Å². The number of nitrogens with one attached hydrogen (secondary N) is 1. The average molecular weight is 243 g/mol. The van der Waals surface area contributed by atoms with E-state index in [9.17, 15) is 0 Å². The van der Waals surface area contributed by atoms with Gasteiger partial charge in [0.2, 0.25) is 5.88 Å². The molecule has 0 aromatic carbocycles. The summed E-state index contributed by atoms with van der Waals surface area (Å²) in [4.78, 5) is 8.45. The van der Waals surface area contributed by atoms with Crippen molar-refractivity contribution in [1.82, 2.24) is 15.3 Å². The van der Waals surface area contributed by atoms with Gasteiger partial charge in [0, 0.05) is 24.0 Å². The van der Waals surface area contributed by atoms with Gasteiger partial charge in [-0.3, -0.25) is 4.98 Å². The number of aryl methyl sites for hydroxylation is 1. The lowest BCUT2D eigenvalue weighted by atomic mass is 10.1. The highest BCUT2D eigenvalue weighted by molar-refractivity contribution is 5.27. The maximum absolute atomic E-state index is 5.61. The van der Waals surface area contributed by atoms with Crippen LogP contribution in [0, 0.1) is 6.92 Å². The van der Waals surface area contributed by atoms with Crippen LogP contribution in [0.4, 0.5) is 0 Å². The van der Waals surface area contributed by atoms with E-state index in [0.29, 0.717) is 11.6 Å². The number of rotatable bonds is 4. The third kappa shape index (κ3) is 3.05. The van der Waals surface area contributed by atoms with E-state index in [4.69, 9.17) is 4.74 Å². The Morgan fingerprint density at radius 1 is 1.11 bits per heavy atom. The molecule has 1 N–H and O–H groups in total. The van der Waals surface area contributed by atoms with E-state index >= 15 is 0 Å². The summed E-state index contributed by atoms with van der Waals surface area (Å²) in [5.41, 5.74) is 2.10. The van der Waals surface area contributed by atoms with Crippen molar-refractivity contribution in [3.8, 4) is 11.6 Å². The van der Waals surface area contributed by atoms with E-state index in [1.165, 1.54) is 0 Å². The van der Waals surface area contributed by atoms with Gasteiger partial charge < -0.3 is 10.1 Å². The molecule has 2 heterocycles. The summed E-state index contributed by atoms with van der Waals surface area (Å²) in [6.45, 7) is 4.03. The minimum Gasteiger partial charge on any atom is -0.437 e. The highest BCUT2D eigenvalue weighted by Crippen LogP contribution is 2.20. The van der Waals surface area contributed by atoms with E-state index in [1.54, 1.807) is 6.20 Å². The van der Waals surface area contributed by atoms with Crippen molar-refractivity contribution >= 4 is 0 Å². The molecule has 1 atom stereocenters. The van der Waals surface area contributed by atoms with Crippen molar-refractivity contribution in [2.45, 2.75) is 19.9 Å². The molecule has 1 unspecified atom stereocenters. The molecule has 0 saturated heterocycles. The summed E-state index contributed by atoms with van der Waals surface area (Å²) in [6, 6.07) is 7.95. The molecule has 0 fully saturated rings. The Balaban J connectivity index is 2.08. The monoisotopic (exact) mass is 243 g/mol. The molecule has 0 saturated carbocycles. The molecular formula is C14H17N3O. The Hall–Kier alpha value is -1.94. The van der Waals surface area contributed by atoms with Crippen LogP contribution in [0.2, 0.25) is 0 Å². The first-order valence-electron chi connectivity index (χ1n) is 5.93. The van der Waals surface area contributed by atoms with Gasteiger partial charge in [0.25, 0.3) is 0 Å². The molecule has 94 valence electrons. The minimum absolute atomic E-state index is 0.285. The predicted molar refractivity (Wildman–Crippen MR) is 70.8 cm³/mol. The van der Waals surface area contributed by atoms with Gasteiger partial charge >= 0.3 is 0 Å². The zero-order valence-electron chi connectivity index (χ0n) is 10.8. The zero-order chi connectivity index (χ0) is 13.0. The number of aromatic nitrogens is 2. The lowest BCUT2D eigenvalue weighted by Crippen LogP contribution is -2.12. The molecule has 0 spiro atoms. The molecule has 4 nitrogen and oxygen atoms in total. The quantitative estimate of drug-likeness (QED) is 0.897. The lowest BCUT2D eigenvalue weighted by Gasteiger charge is -2.10. The molecule has 2 aromatic heterocycles. The van der Waals surface area contributed by atoms with Gasteiger partial charge in [0.1, 0.15) is 5.75 Å². The highest BCUT2D eigenvalue weighted by Gasteiger charge is 2.04. The maximum atomic E-state index is 5.61. The van der Waals surface area contributed by atoms with Crippen LogP contribution in [-0.4, -0.2) is 17.0 Å². The Morgan fingerprint density at radius 2 is 1.94 bits per heavy atom. The summed E-state index contributed by atoms with van der Waals surface area (Å²) < 4.78 is 5.61. The van der Waals surface area contributed by atoms with Gasteiger partial charge in [-0.15, -0.1) is 0 Å². The molecule has 0 aliphatic carbocycles. The highest BCUT2D eigenvalue weighted by atomic mass is 16.5. The fourth-order valence-electron chi connectivity index (χ4n) is 1.51. The SMILES string of the molecule is CNC(C)c1ccc(Oc2ccc(C)nc2)nc1. The van der Waals surface area contributed by atoms with Gasteiger partial charge in [-0.1, -0.05) is 6.07 Å². The van der Waals surface area contributed by atoms with Crippen LogP contribution >= 0.6 is 0 Å². The second-order valence-electron chi connectivity index (χ2n) is 4.18. The van der Waals surface area contributed by atoms with Crippen molar-refractivity contribution in [1.29, 1.82) is 0 Å². The summed E-state index contributed by atoms with van der Waals surface area (Å²) in [5, 5.41) is 3.17. The number of ether oxygens (including phenoxy) is 1. The number of pyridine rings is 2. The van der Waals surface area contributed by atoms with Gasteiger partial charge in [-0.25, -0.2) is 4.98 Å². The Bertz CT molecular complexity index is 493. The third-order valence-electron chi connectivity index (χ3n) is 2.80. The largest absolute Gasteiger partial charge is 0.437 e. The van der Waals surface area contributed by atoms with Crippen molar-refractivity contribution in [3.05, 3.63) is 47.9 Å². The van der Waals surface area contributed by atoms with E-state index < -0.39 is 0 Å². The summed E-state index contributed by atoms with van der Waals surface area (Å²) in [5.74, 6) is 1.27. The smallest absolute Gasteiger partial charge is 0.219 e. The molecule has 0 radical (unpaired) electrons. The molecule has 0 amide bonds. The fourth-order valence-corrected chi connectivity index (χ4v) is 1.51. The van der Waals surface area contributed by atoms with Crippen LogP contribution in [0.3, 0.4) is 0 Å². The van der Waals surface area contributed by atoms with Crippen LogP contribution in [0.5, 0.6) is 11.6 Å². The Labute approximate surface area is 107 Å². The second-order valence-corrected chi connectivity index (χ2v) is 4.18. The van der Waals surface area contributed by atoms with Crippen molar-refractivity contribution < 1.29 is 4.74 Å². The van der Waals surface area contributed by atoms with Gasteiger partial charge in [-0.2, -0.15) is 0 Å². The van der Waals surface area contributed by atoms with Crippen LogP contribution in [0.25, 0.3) is 0 Å². The molecule has 0 aliphatic heterocycles. The topological polar surface area (TPSA) is 47.0 Å². The lowest BCUT2D eigenvalue weighted by molar-refractivity contribution is 0.459. The fraction of sp³-hybridized carbons (Fsp3) is 0.286. The molecule has 0 aliphatic rings. The minimum atomic E-state index is 0.285. The van der Waals surface area contributed by atoms with E-state index in [0.717, 1.165) is 11.3 Å². The van der Waals surface area contributed by atoms with Crippen LogP contribution in [-0.2, 0) is 0 Å². The molecular weight excluding hydrogens is 226 g/mol. The Kier molecular flexibility index (Phi) is 3.89. The van der Waals surface area contributed by atoms with E-state index in [-0.39, 0.29) is 6.04 Å². The standard InChI is InChI=1S/C14H17N3O/c1-10-4-6-13(9-16-10)18-14-7-5-12(8-17-14)11(2)15-3/h4-9,11,15H,1-3H3. The van der Waals surface area contributed by atoms with Crippen molar-refractivity contribution in [3.63, 3.8) is 0 Å². The molecule has 4 heteroatoms. The maximum Gasteiger partial charge on any atom is 0.219 e. The molecule has 2 aromatic rings. The van der Waals surface area contributed by atoms with Crippen LogP contribution in [0.1, 0.15) is 24.2 Å². The summed E-state index contributed by atoms with van der Waals surface area (Å²) >= 11 is 0. The predicted octanol–water partition coefficient (Wildman–Crippen LogP) is 2.86. The first-order valence-corrected chi connectivity index (χ1v) is 5.93.